The number of nitrogens with one attached hydrogen (secondary N) is 1. The van der Waals surface area contributed by atoms with Crippen LogP contribution in [-0.2, 0) is 6.42 Å². The molecule has 0 aliphatic heterocycles. The van der Waals surface area contributed by atoms with Gasteiger partial charge < -0.3 is 9.84 Å². The van der Waals surface area contributed by atoms with E-state index in [9.17, 15) is 4.79 Å². The molecule has 0 bridgehead atoms. The molecule has 0 spiro atoms. The molecule has 0 aliphatic rings. The van der Waals surface area contributed by atoms with Crippen LogP contribution in [0.25, 0.3) is 11.3 Å². The minimum Gasteiger partial charge on any atom is -0.355 e. The Morgan fingerprint density at radius 3 is 2.42 bits per heavy atom. The summed E-state index contributed by atoms with van der Waals surface area (Å²) in [5, 5.41) is 6.71. The Morgan fingerprint density at radius 2 is 1.67 bits per heavy atom. The van der Waals surface area contributed by atoms with Gasteiger partial charge in [-0.15, -0.1) is 0 Å². The Labute approximate surface area is 141 Å². The smallest absolute Gasteiger partial charge is 0.256 e. The Balaban J connectivity index is 1.49. The van der Waals surface area contributed by atoms with Crippen molar-refractivity contribution in [3.63, 3.8) is 0 Å². The second-order valence-electron chi connectivity index (χ2n) is 5.63. The summed E-state index contributed by atoms with van der Waals surface area (Å²) in [6.07, 6.45) is 4.48. The molecule has 0 unspecified atom stereocenters. The summed E-state index contributed by atoms with van der Waals surface area (Å²) in [6.45, 7) is 0.644. The number of unbranched alkanes of at least 4 members (excludes halogenated alkanes) is 1. The van der Waals surface area contributed by atoms with Crippen LogP contribution >= 0.6 is 0 Å². The number of carbonyl (C=O) groups excluding carboxylic acids is 1. The number of hydrogen-bond acceptors (Lipinski definition) is 3. The molecular formula is C20H20N2O2. The summed E-state index contributed by atoms with van der Waals surface area (Å²) in [5.41, 5.74) is 2.66. The predicted molar refractivity (Wildman–Crippen MR) is 93.7 cm³/mol. The minimum atomic E-state index is -0.144. The number of aryl methyl sites for hydroxylation is 1. The van der Waals surface area contributed by atoms with Crippen LogP contribution in [0.2, 0.25) is 0 Å². The van der Waals surface area contributed by atoms with Crippen molar-refractivity contribution >= 4 is 5.91 Å². The molecular weight excluding hydrogens is 300 g/mol. The average molecular weight is 320 g/mol. The molecule has 0 atom stereocenters. The minimum absolute atomic E-state index is 0.144. The molecule has 1 N–H and O–H groups in total. The molecule has 4 heteroatoms. The maximum atomic E-state index is 12.3. The first-order valence-electron chi connectivity index (χ1n) is 8.17. The Bertz CT molecular complexity index is 767. The number of rotatable bonds is 7. The van der Waals surface area contributed by atoms with E-state index in [0.717, 1.165) is 24.8 Å². The van der Waals surface area contributed by atoms with Crippen molar-refractivity contribution in [2.24, 2.45) is 0 Å². The molecule has 0 aliphatic carbocycles. The lowest BCUT2D eigenvalue weighted by molar-refractivity contribution is 0.0953. The van der Waals surface area contributed by atoms with Crippen molar-refractivity contribution in [1.82, 2.24) is 10.5 Å². The normalized spacial score (nSPS) is 10.5. The highest BCUT2D eigenvalue weighted by atomic mass is 16.5. The van der Waals surface area contributed by atoms with Gasteiger partial charge in [0.1, 0.15) is 5.56 Å². The Morgan fingerprint density at radius 1 is 0.958 bits per heavy atom. The monoisotopic (exact) mass is 320 g/mol. The van der Waals surface area contributed by atoms with Gasteiger partial charge in [0.15, 0.2) is 5.76 Å². The zero-order valence-corrected chi connectivity index (χ0v) is 13.4. The third-order valence-electron chi connectivity index (χ3n) is 3.87. The number of nitrogens with zero attached hydrogens (tertiary/aromatic N) is 1. The van der Waals surface area contributed by atoms with Crippen LogP contribution in [0.15, 0.2) is 71.4 Å². The molecule has 0 saturated carbocycles. The molecule has 1 aromatic heterocycles. The third kappa shape index (κ3) is 4.10. The van der Waals surface area contributed by atoms with Crippen LogP contribution in [0.3, 0.4) is 0 Å². The standard InChI is InChI=1S/C20H20N2O2/c23-20(21-14-8-7-11-16-9-3-1-4-10-16)18-15-22-24-19(18)17-12-5-2-6-13-17/h1-6,9-10,12-13,15H,7-8,11,14H2,(H,21,23). The zero-order valence-electron chi connectivity index (χ0n) is 13.4. The van der Waals surface area contributed by atoms with E-state index in [1.165, 1.54) is 11.8 Å². The summed E-state index contributed by atoms with van der Waals surface area (Å²) >= 11 is 0. The van der Waals surface area contributed by atoms with Crippen LogP contribution in [0.4, 0.5) is 0 Å². The van der Waals surface area contributed by atoms with Gasteiger partial charge in [-0.3, -0.25) is 4.79 Å². The first kappa shape index (κ1) is 16.0. The summed E-state index contributed by atoms with van der Waals surface area (Å²) in [6, 6.07) is 19.9. The fourth-order valence-corrected chi connectivity index (χ4v) is 2.59. The average Bonchev–Trinajstić information content (AvgIpc) is 3.13. The van der Waals surface area contributed by atoms with E-state index in [1.807, 2.05) is 48.5 Å². The van der Waals surface area contributed by atoms with Gasteiger partial charge >= 0.3 is 0 Å². The van der Waals surface area contributed by atoms with Crippen LogP contribution in [-0.4, -0.2) is 17.6 Å². The van der Waals surface area contributed by atoms with E-state index in [4.69, 9.17) is 4.52 Å². The molecule has 1 amide bonds. The lowest BCUT2D eigenvalue weighted by Crippen LogP contribution is -2.24. The first-order valence-corrected chi connectivity index (χ1v) is 8.17. The van der Waals surface area contributed by atoms with Gasteiger partial charge in [-0.05, 0) is 24.8 Å². The van der Waals surface area contributed by atoms with E-state index < -0.39 is 0 Å². The number of aromatic nitrogens is 1. The van der Waals surface area contributed by atoms with E-state index in [2.05, 4.69) is 22.6 Å². The highest BCUT2D eigenvalue weighted by molar-refractivity contribution is 5.99. The molecule has 0 radical (unpaired) electrons. The molecule has 0 fully saturated rings. The third-order valence-corrected chi connectivity index (χ3v) is 3.87. The van der Waals surface area contributed by atoms with Crippen LogP contribution in [0.1, 0.15) is 28.8 Å². The van der Waals surface area contributed by atoms with Crippen molar-refractivity contribution in [3.8, 4) is 11.3 Å². The maximum absolute atomic E-state index is 12.3. The van der Waals surface area contributed by atoms with Crippen molar-refractivity contribution in [2.45, 2.75) is 19.3 Å². The van der Waals surface area contributed by atoms with E-state index in [0.29, 0.717) is 17.9 Å². The first-order chi connectivity index (χ1) is 11.8. The second kappa shape index (κ2) is 8.11. The van der Waals surface area contributed by atoms with Gasteiger partial charge in [0, 0.05) is 12.1 Å². The van der Waals surface area contributed by atoms with E-state index >= 15 is 0 Å². The molecule has 122 valence electrons. The van der Waals surface area contributed by atoms with Gasteiger partial charge in [-0.2, -0.15) is 0 Å². The molecule has 2 aromatic carbocycles. The van der Waals surface area contributed by atoms with Gasteiger partial charge in [0.05, 0.1) is 6.20 Å². The van der Waals surface area contributed by atoms with Gasteiger partial charge in [-0.1, -0.05) is 65.8 Å². The largest absolute Gasteiger partial charge is 0.355 e. The number of hydrogen-bond donors (Lipinski definition) is 1. The summed E-state index contributed by atoms with van der Waals surface area (Å²) < 4.78 is 5.25. The fourth-order valence-electron chi connectivity index (χ4n) is 2.59. The summed E-state index contributed by atoms with van der Waals surface area (Å²) in [5.74, 6) is 0.368. The van der Waals surface area contributed by atoms with Gasteiger partial charge in [-0.25, -0.2) is 0 Å². The van der Waals surface area contributed by atoms with Gasteiger partial charge in [0.2, 0.25) is 0 Å². The lowest BCUT2D eigenvalue weighted by atomic mass is 10.1. The molecule has 0 saturated heterocycles. The predicted octanol–water partition coefficient (Wildman–Crippen LogP) is 4.09. The second-order valence-corrected chi connectivity index (χ2v) is 5.63. The topological polar surface area (TPSA) is 55.1 Å². The van der Waals surface area contributed by atoms with Crippen LogP contribution in [0, 0.1) is 0 Å². The van der Waals surface area contributed by atoms with Crippen LogP contribution in [0.5, 0.6) is 0 Å². The molecule has 24 heavy (non-hydrogen) atoms. The molecule has 3 aromatic rings. The summed E-state index contributed by atoms with van der Waals surface area (Å²) in [4.78, 5) is 12.3. The lowest BCUT2D eigenvalue weighted by Gasteiger charge is -2.05. The van der Waals surface area contributed by atoms with E-state index in [1.54, 1.807) is 0 Å². The zero-order chi connectivity index (χ0) is 16.6. The molecule has 3 rings (SSSR count). The molecule has 1 heterocycles. The van der Waals surface area contributed by atoms with Crippen molar-refractivity contribution in [2.75, 3.05) is 6.54 Å². The number of benzene rings is 2. The number of amides is 1. The maximum Gasteiger partial charge on any atom is 0.256 e. The SMILES string of the molecule is O=C(NCCCCc1ccccc1)c1cnoc1-c1ccccc1. The van der Waals surface area contributed by atoms with Crippen molar-refractivity contribution < 1.29 is 9.32 Å². The van der Waals surface area contributed by atoms with E-state index in [-0.39, 0.29) is 5.91 Å². The highest BCUT2D eigenvalue weighted by Gasteiger charge is 2.17. The molecule has 4 nitrogen and oxygen atoms in total. The van der Waals surface area contributed by atoms with Crippen LogP contribution < -0.4 is 5.32 Å². The van der Waals surface area contributed by atoms with Gasteiger partial charge in [0.25, 0.3) is 5.91 Å². The Hall–Kier alpha value is -2.88. The van der Waals surface area contributed by atoms with Crippen molar-refractivity contribution in [1.29, 1.82) is 0 Å². The number of carbonyl (C=O) groups is 1. The van der Waals surface area contributed by atoms with Crippen molar-refractivity contribution in [3.05, 3.63) is 78.0 Å². The fraction of sp³-hybridized carbons (Fsp3) is 0.200. The Kier molecular flexibility index (Phi) is 5.40. The summed E-state index contributed by atoms with van der Waals surface area (Å²) in [7, 11) is 0. The highest BCUT2D eigenvalue weighted by Crippen LogP contribution is 2.22. The quantitative estimate of drug-likeness (QED) is 0.667.